The molecule has 0 spiro atoms. The van der Waals surface area contributed by atoms with Crippen molar-refractivity contribution in [1.29, 1.82) is 0 Å². The Bertz CT molecular complexity index is 554. The van der Waals surface area contributed by atoms with Crippen LogP contribution in [0.5, 0.6) is 5.75 Å². The molecule has 3 rings (SSSR count). The summed E-state index contributed by atoms with van der Waals surface area (Å²) in [6, 6.07) is 6.97. The van der Waals surface area contributed by atoms with E-state index < -0.39 is 0 Å². The lowest BCUT2D eigenvalue weighted by molar-refractivity contribution is 0.356. The second kappa shape index (κ2) is 6.37. The number of hydrogen-bond donors (Lipinski definition) is 1. The summed E-state index contributed by atoms with van der Waals surface area (Å²) in [5.74, 6) is 1.06. The monoisotopic (exact) mass is 288 g/mol. The lowest BCUT2D eigenvalue weighted by atomic mass is 9.99. The second-order valence-electron chi connectivity index (χ2n) is 5.14. The molecular formula is C16H20N2OS. The third-order valence-corrected chi connectivity index (χ3v) is 4.45. The van der Waals surface area contributed by atoms with E-state index in [1.807, 2.05) is 11.7 Å². The van der Waals surface area contributed by atoms with Crippen molar-refractivity contribution < 1.29 is 4.74 Å². The first kappa shape index (κ1) is 13.6. The lowest BCUT2D eigenvalue weighted by Crippen LogP contribution is -2.23. The summed E-state index contributed by atoms with van der Waals surface area (Å²) >= 11 is 1.73. The molecule has 1 aromatic heterocycles. The van der Waals surface area contributed by atoms with Crippen molar-refractivity contribution in [3.05, 3.63) is 45.9 Å². The molecule has 0 fully saturated rings. The molecular weight excluding hydrogens is 268 g/mol. The van der Waals surface area contributed by atoms with Gasteiger partial charge >= 0.3 is 0 Å². The standard InChI is InChI=1S/C16H20N2OS/c1-2-6-18-15(9-14-10-17-11-20-14)12-3-4-16-13(8-12)5-7-19-16/h3-4,8,10-11,15,18H,2,5-7,9H2,1H3. The summed E-state index contributed by atoms with van der Waals surface area (Å²) in [7, 11) is 0. The molecule has 4 heteroatoms. The average molecular weight is 288 g/mol. The smallest absolute Gasteiger partial charge is 0.122 e. The van der Waals surface area contributed by atoms with Crippen LogP contribution in [-0.2, 0) is 12.8 Å². The minimum absolute atomic E-state index is 0.362. The van der Waals surface area contributed by atoms with Crippen LogP contribution < -0.4 is 10.1 Å². The van der Waals surface area contributed by atoms with Gasteiger partial charge in [0.05, 0.1) is 12.1 Å². The van der Waals surface area contributed by atoms with Crippen LogP contribution in [0.1, 0.15) is 35.4 Å². The molecule has 106 valence electrons. The summed E-state index contributed by atoms with van der Waals surface area (Å²) in [5, 5.41) is 3.65. The van der Waals surface area contributed by atoms with Crippen molar-refractivity contribution in [3.8, 4) is 5.75 Å². The van der Waals surface area contributed by atoms with Crippen LogP contribution in [0.25, 0.3) is 0 Å². The molecule has 20 heavy (non-hydrogen) atoms. The number of rotatable bonds is 6. The van der Waals surface area contributed by atoms with Gasteiger partial charge < -0.3 is 10.1 Å². The highest BCUT2D eigenvalue weighted by molar-refractivity contribution is 7.09. The normalized spacial score (nSPS) is 14.8. The molecule has 2 heterocycles. The van der Waals surface area contributed by atoms with Crippen molar-refractivity contribution in [2.75, 3.05) is 13.2 Å². The largest absolute Gasteiger partial charge is 0.493 e. The van der Waals surface area contributed by atoms with Gasteiger partial charge in [-0.2, -0.15) is 0 Å². The summed E-state index contributed by atoms with van der Waals surface area (Å²) in [6.07, 6.45) is 5.16. The Morgan fingerprint density at radius 1 is 1.45 bits per heavy atom. The number of nitrogens with one attached hydrogen (secondary N) is 1. The molecule has 1 aromatic carbocycles. The number of aromatic nitrogens is 1. The van der Waals surface area contributed by atoms with E-state index in [1.165, 1.54) is 16.0 Å². The van der Waals surface area contributed by atoms with Crippen LogP contribution in [0.4, 0.5) is 0 Å². The Hall–Kier alpha value is -1.39. The van der Waals surface area contributed by atoms with E-state index in [0.717, 1.165) is 38.2 Å². The number of thiazole rings is 1. The SMILES string of the molecule is CCCNC(Cc1cncs1)c1ccc2c(c1)CCO2. The van der Waals surface area contributed by atoms with Crippen LogP contribution in [0.15, 0.2) is 29.9 Å². The zero-order chi connectivity index (χ0) is 13.8. The van der Waals surface area contributed by atoms with E-state index in [-0.39, 0.29) is 0 Å². The van der Waals surface area contributed by atoms with E-state index in [4.69, 9.17) is 4.74 Å². The molecule has 0 saturated carbocycles. The topological polar surface area (TPSA) is 34.2 Å². The molecule has 2 aromatic rings. The minimum Gasteiger partial charge on any atom is -0.493 e. The number of ether oxygens (including phenoxy) is 1. The Kier molecular flexibility index (Phi) is 4.33. The molecule has 0 saturated heterocycles. The molecule has 1 aliphatic heterocycles. The second-order valence-corrected chi connectivity index (χ2v) is 6.12. The van der Waals surface area contributed by atoms with Crippen molar-refractivity contribution in [2.45, 2.75) is 32.2 Å². The molecule has 1 atom stereocenters. The summed E-state index contributed by atoms with van der Waals surface area (Å²) in [4.78, 5) is 5.51. The zero-order valence-corrected chi connectivity index (χ0v) is 12.6. The van der Waals surface area contributed by atoms with Gasteiger partial charge in [-0.3, -0.25) is 4.98 Å². The van der Waals surface area contributed by atoms with Crippen LogP contribution in [-0.4, -0.2) is 18.1 Å². The fraction of sp³-hybridized carbons (Fsp3) is 0.438. The Morgan fingerprint density at radius 2 is 2.40 bits per heavy atom. The Labute approximate surface area is 124 Å². The van der Waals surface area contributed by atoms with Crippen LogP contribution in [0.2, 0.25) is 0 Å². The van der Waals surface area contributed by atoms with Gasteiger partial charge in [-0.25, -0.2) is 0 Å². The van der Waals surface area contributed by atoms with Gasteiger partial charge in [-0.05, 0) is 30.2 Å². The zero-order valence-electron chi connectivity index (χ0n) is 11.8. The first-order valence-corrected chi connectivity index (χ1v) is 8.11. The maximum atomic E-state index is 5.59. The number of hydrogen-bond acceptors (Lipinski definition) is 4. The van der Waals surface area contributed by atoms with E-state index in [2.05, 4.69) is 35.4 Å². The van der Waals surface area contributed by atoms with Gasteiger partial charge in [-0.1, -0.05) is 19.1 Å². The summed E-state index contributed by atoms with van der Waals surface area (Å²) < 4.78 is 5.59. The third-order valence-electron chi connectivity index (χ3n) is 3.65. The maximum Gasteiger partial charge on any atom is 0.122 e. The highest BCUT2D eigenvalue weighted by Gasteiger charge is 2.17. The molecule has 0 bridgehead atoms. The third kappa shape index (κ3) is 3.02. The molecule has 0 radical (unpaired) electrons. The summed E-state index contributed by atoms with van der Waals surface area (Å²) in [5.41, 5.74) is 4.61. The molecule has 3 nitrogen and oxygen atoms in total. The van der Waals surface area contributed by atoms with Gasteiger partial charge in [0.25, 0.3) is 0 Å². The highest BCUT2D eigenvalue weighted by Crippen LogP contribution is 2.29. The Balaban J connectivity index is 1.80. The molecule has 0 aliphatic carbocycles. The molecule has 0 amide bonds. The quantitative estimate of drug-likeness (QED) is 0.885. The van der Waals surface area contributed by atoms with E-state index in [0.29, 0.717) is 6.04 Å². The molecule has 1 unspecified atom stereocenters. The first-order valence-electron chi connectivity index (χ1n) is 7.23. The van der Waals surface area contributed by atoms with Crippen LogP contribution in [0.3, 0.4) is 0 Å². The van der Waals surface area contributed by atoms with Crippen LogP contribution >= 0.6 is 11.3 Å². The fourth-order valence-corrected chi connectivity index (χ4v) is 3.24. The van der Waals surface area contributed by atoms with Crippen molar-refractivity contribution in [3.63, 3.8) is 0 Å². The van der Waals surface area contributed by atoms with Crippen molar-refractivity contribution in [1.82, 2.24) is 10.3 Å². The van der Waals surface area contributed by atoms with Gasteiger partial charge in [0.15, 0.2) is 0 Å². The van der Waals surface area contributed by atoms with Gasteiger partial charge in [0.2, 0.25) is 0 Å². The maximum absolute atomic E-state index is 5.59. The van der Waals surface area contributed by atoms with Gasteiger partial charge in [-0.15, -0.1) is 11.3 Å². The summed E-state index contributed by atoms with van der Waals surface area (Å²) in [6.45, 7) is 4.06. The molecule has 1 aliphatic rings. The van der Waals surface area contributed by atoms with Gasteiger partial charge in [0.1, 0.15) is 5.75 Å². The predicted molar refractivity (Wildman–Crippen MR) is 82.5 cm³/mol. The minimum atomic E-state index is 0.362. The number of nitrogens with zero attached hydrogens (tertiary/aromatic N) is 1. The van der Waals surface area contributed by atoms with E-state index >= 15 is 0 Å². The Morgan fingerprint density at radius 3 is 3.20 bits per heavy atom. The average Bonchev–Trinajstić information content (AvgIpc) is 3.13. The number of benzene rings is 1. The highest BCUT2D eigenvalue weighted by atomic mass is 32.1. The van der Waals surface area contributed by atoms with Crippen LogP contribution in [0, 0.1) is 0 Å². The first-order chi connectivity index (χ1) is 9.86. The molecule has 1 N–H and O–H groups in total. The van der Waals surface area contributed by atoms with Gasteiger partial charge in [0, 0.05) is 30.0 Å². The van der Waals surface area contributed by atoms with Crippen molar-refractivity contribution >= 4 is 11.3 Å². The van der Waals surface area contributed by atoms with E-state index in [1.54, 1.807) is 11.3 Å². The predicted octanol–water partition coefficient (Wildman–Crippen LogP) is 3.36. The van der Waals surface area contributed by atoms with Crippen molar-refractivity contribution in [2.24, 2.45) is 0 Å². The van der Waals surface area contributed by atoms with E-state index in [9.17, 15) is 0 Å². The number of fused-ring (bicyclic) bond motifs is 1. The fourth-order valence-electron chi connectivity index (χ4n) is 2.59. The lowest BCUT2D eigenvalue weighted by Gasteiger charge is -2.19.